The predicted molar refractivity (Wildman–Crippen MR) is 120 cm³/mol. The van der Waals surface area contributed by atoms with Gasteiger partial charge < -0.3 is 14.4 Å². The van der Waals surface area contributed by atoms with Crippen molar-refractivity contribution in [2.75, 3.05) is 31.6 Å². The largest absolute Gasteiger partial charge is 0.478 e. The molecular weight excluding hydrogens is 435 g/mol. The van der Waals surface area contributed by atoms with Gasteiger partial charge in [0.1, 0.15) is 5.82 Å². The maximum atomic E-state index is 12.8. The summed E-state index contributed by atoms with van der Waals surface area (Å²) in [6.07, 6.45) is 1.36. The molecule has 0 atom stereocenters. The van der Waals surface area contributed by atoms with Crippen LogP contribution in [0.2, 0.25) is 0 Å². The zero-order valence-corrected chi connectivity index (χ0v) is 18.9. The molecule has 7 nitrogen and oxygen atoms in total. The summed E-state index contributed by atoms with van der Waals surface area (Å²) in [7, 11) is 1.90. The van der Waals surface area contributed by atoms with Crippen molar-refractivity contribution < 1.29 is 23.1 Å². The second kappa shape index (κ2) is 8.74. The Hall–Kier alpha value is -3.01. The summed E-state index contributed by atoms with van der Waals surface area (Å²) >= 11 is 0. The number of aromatic nitrogens is 3. The molecule has 4 rings (SSSR count). The molecule has 1 aliphatic heterocycles. The number of pyridine rings is 1. The van der Waals surface area contributed by atoms with E-state index in [1.807, 2.05) is 35.5 Å². The molecule has 0 aliphatic carbocycles. The van der Waals surface area contributed by atoms with E-state index in [1.165, 1.54) is 4.90 Å². The van der Waals surface area contributed by atoms with Crippen LogP contribution in [-0.2, 0) is 6.42 Å². The lowest BCUT2D eigenvalue weighted by Crippen LogP contribution is -2.46. The van der Waals surface area contributed by atoms with Crippen molar-refractivity contribution in [2.24, 2.45) is 0 Å². The Labute approximate surface area is 189 Å². The highest BCUT2D eigenvalue weighted by Gasteiger charge is 2.34. The number of carbonyl (C=O) groups is 1. The van der Waals surface area contributed by atoms with Crippen LogP contribution in [-0.4, -0.2) is 69.5 Å². The SMILES string of the molecule is CCc1cn2c(N(C)C3CCN(CC(F)(F)F)CC3)c(C)c(C(=O)O)cc2c1-c1ccn[nH]1. The standard InChI is InChI=1S/C23H28F3N5O2/c1-4-15-12-31-19(20(15)18-5-8-27-28-18)11-17(22(32)33)14(2)21(31)29(3)16-6-9-30(10-7-16)13-23(24,25)26/h5,8,11-12,16H,4,6-7,9-10,13H2,1-3H3,(H,27,28)(H,32,33). The molecule has 1 aliphatic rings. The lowest BCUT2D eigenvalue weighted by molar-refractivity contribution is -0.147. The summed E-state index contributed by atoms with van der Waals surface area (Å²) in [6, 6.07) is 3.55. The summed E-state index contributed by atoms with van der Waals surface area (Å²) < 4.78 is 40.4. The van der Waals surface area contributed by atoms with Crippen molar-refractivity contribution in [3.63, 3.8) is 0 Å². The molecule has 0 spiro atoms. The first-order valence-corrected chi connectivity index (χ1v) is 11.0. The van der Waals surface area contributed by atoms with Gasteiger partial charge >= 0.3 is 12.1 Å². The third kappa shape index (κ3) is 4.44. The van der Waals surface area contributed by atoms with E-state index in [1.54, 1.807) is 19.2 Å². The zero-order chi connectivity index (χ0) is 23.9. The number of nitrogens with one attached hydrogen (secondary N) is 1. The number of aryl methyl sites for hydroxylation is 1. The number of hydrogen-bond donors (Lipinski definition) is 2. The summed E-state index contributed by atoms with van der Waals surface area (Å²) in [4.78, 5) is 15.6. The van der Waals surface area contributed by atoms with E-state index in [2.05, 4.69) is 10.2 Å². The fourth-order valence-corrected chi connectivity index (χ4v) is 4.96. The molecule has 1 saturated heterocycles. The fraction of sp³-hybridized carbons (Fsp3) is 0.478. The van der Waals surface area contributed by atoms with Crippen LogP contribution in [0.5, 0.6) is 0 Å². The number of piperidine rings is 1. The van der Waals surface area contributed by atoms with E-state index in [0.717, 1.165) is 34.6 Å². The number of aromatic amines is 1. The number of nitrogens with zero attached hydrogens (tertiary/aromatic N) is 4. The lowest BCUT2D eigenvalue weighted by atomic mass is 10.0. The molecule has 10 heteroatoms. The normalized spacial score (nSPS) is 15.9. The number of halogens is 3. The van der Waals surface area contributed by atoms with Crippen molar-refractivity contribution >= 4 is 17.3 Å². The highest BCUT2D eigenvalue weighted by molar-refractivity contribution is 5.96. The quantitative estimate of drug-likeness (QED) is 0.568. The van der Waals surface area contributed by atoms with Crippen LogP contribution in [0.15, 0.2) is 24.5 Å². The van der Waals surface area contributed by atoms with Gasteiger partial charge in [0.2, 0.25) is 0 Å². The second-order valence-corrected chi connectivity index (χ2v) is 8.65. The highest BCUT2D eigenvalue weighted by atomic mass is 19.4. The molecule has 3 aromatic rings. The van der Waals surface area contributed by atoms with Gasteiger partial charge in [0, 0.05) is 49.7 Å². The number of carboxylic acid groups (broad SMARTS) is 1. The van der Waals surface area contributed by atoms with E-state index in [9.17, 15) is 23.1 Å². The smallest absolute Gasteiger partial charge is 0.401 e. The van der Waals surface area contributed by atoms with Crippen molar-refractivity contribution in [2.45, 2.75) is 45.3 Å². The van der Waals surface area contributed by atoms with Gasteiger partial charge in [-0.05, 0) is 43.9 Å². The Morgan fingerprint density at radius 2 is 2.03 bits per heavy atom. The third-order valence-corrected chi connectivity index (χ3v) is 6.59. The van der Waals surface area contributed by atoms with Crippen molar-refractivity contribution in [3.05, 3.63) is 41.2 Å². The molecule has 4 heterocycles. The molecule has 1 fully saturated rings. The number of fused-ring (bicyclic) bond motifs is 1. The van der Waals surface area contributed by atoms with Gasteiger partial charge in [0.15, 0.2) is 0 Å². The average Bonchev–Trinajstić information content (AvgIpc) is 3.39. The van der Waals surface area contributed by atoms with E-state index in [-0.39, 0.29) is 11.6 Å². The van der Waals surface area contributed by atoms with Crippen molar-refractivity contribution in [1.29, 1.82) is 0 Å². The number of rotatable bonds is 6. The summed E-state index contributed by atoms with van der Waals surface area (Å²) in [5.74, 6) is -0.265. The van der Waals surface area contributed by atoms with Gasteiger partial charge in [-0.1, -0.05) is 6.92 Å². The number of hydrogen-bond acceptors (Lipinski definition) is 4. The topological polar surface area (TPSA) is 76.9 Å². The Balaban J connectivity index is 1.77. The van der Waals surface area contributed by atoms with Crippen molar-refractivity contribution in [3.8, 4) is 11.3 Å². The molecule has 0 saturated carbocycles. The first-order chi connectivity index (χ1) is 15.6. The maximum Gasteiger partial charge on any atom is 0.401 e. The predicted octanol–water partition coefficient (Wildman–Crippen LogP) is 4.36. The van der Waals surface area contributed by atoms with Gasteiger partial charge in [-0.15, -0.1) is 0 Å². The monoisotopic (exact) mass is 463 g/mol. The van der Waals surface area contributed by atoms with E-state index in [4.69, 9.17) is 0 Å². The summed E-state index contributed by atoms with van der Waals surface area (Å²) in [6.45, 7) is 3.63. The molecule has 178 valence electrons. The highest BCUT2D eigenvalue weighted by Crippen LogP contribution is 2.37. The van der Waals surface area contributed by atoms with E-state index >= 15 is 0 Å². The van der Waals surface area contributed by atoms with E-state index < -0.39 is 18.7 Å². The second-order valence-electron chi connectivity index (χ2n) is 8.65. The average molecular weight is 464 g/mol. The molecular formula is C23H28F3N5O2. The minimum Gasteiger partial charge on any atom is -0.478 e. The van der Waals surface area contributed by atoms with Crippen LogP contribution in [0.3, 0.4) is 0 Å². The fourth-order valence-electron chi connectivity index (χ4n) is 4.96. The zero-order valence-electron chi connectivity index (χ0n) is 18.9. The minimum absolute atomic E-state index is 0.00325. The molecule has 0 unspecified atom stereocenters. The Morgan fingerprint density at radius 1 is 1.33 bits per heavy atom. The third-order valence-electron chi connectivity index (χ3n) is 6.59. The van der Waals surface area contributed by atoms with Crippen molar-refractivity contribution in [1.82, 2.24) is 19.5 Å². The van der Waals surface area contributed by atoms with Crippen LogP contribution < -0.4 is 4.90 Å². The molecule has 33 heavy (non-hydrogen) atoms. The van der Waals surface area contributed by atoms with E-state index in [0.29, 0.717) is 31.5 Å². The van der Waals surface area contributed by atoms with Gasteiger partial charge in [0.25, 0.3) is 0 Å². The number of carboxylic acids is 1. The molecule has 0 bridgehead atoms. The molecule has 0 aromatic carbocycles. The molecule has 0 radical (unpaired) electrons. The Morgan fingerprint density at radius 3 is 2.58 bits per heavy atom. The number of H-pyrrole nitrogens is 1. The van der Waals surface area contributed by atoms with Gasteiger partial charge in [-0.25, -0.2) is 4.79 Å². The number of alkyl halides is 3. The lowest BCUT2D eigenvalue weighted by Gasteiger charge is -2.38. The molecule has 2 N–H and O–H groups in total. The van der Waals surface area contributed by atoms with Crippen LogP contribution in [0, 0.1) is 6.92 Å². The van der Waals surface area contributed by atoms with Crippen LogP contribution in [0.1, 0.15) is 41.3 Å². The number of likely N-dealkylation sites (tertiary alicyclic amines) is 1. The molecule has 0 amide bonds. The number of anilines is 1. The van der Waals surface area contributed by atoms with Crippen LogP contribution >= 0.6 is 0 Å². The number of aromatic carboxylic acids is 1. The van der Waals surface area contributed by atoms with Gasteiger partial charge in [-0.2, -0.15) is 18.3 Å². The maximum absolute atomic E-state index is 12.8. The van der Waals surface area contributed by atoms with Gasteiger partial charge in [-0.3, -0.25) is 10.00 Å². The first kappa shape index (κ1) is 23.2. The molecule has 3 aromatic heterocycles. The summed E-state index contributed by atoms with van der Waals surface area (Å²) in [5.41, 5.74) is 4.37. The van der Waals surface area contributed by atoms with Crippen LogP contribution in [0.4, 0.5) is 19.0 Å². The Bertz CT molecular complexity index is 1150. The van der Waals surface area contributed by atoms with Crippen LogP contribution in [0.25, 0.3) is 16.8 Å². The summed E-state index contributed by atoms with van der Waals surface area (Å²) in [5, 5.41) is 16.9. The Kier molecular flexibility index (Phi) is 6.13. The first-order valence-electron chi connectivity index (χ1n) is 11.0. The van der Waals surface area contributed by atoms with Gasteiger partial charge in [0.05, 0.1) is 23.3 Å². The minimum atomic E-state index is -4.21.